The first-order chi connectivity index (χ1) is 9.66. The van der Waals surface area contributed by atoms with Gasteiger partial charge >= 0.3 is 0 Å². The third kappa shape index (κ3) is 3.82. The van der Waals surface area contributed by atoms with Crippen LogP contribution in [0.1, 0.15) is 35.3 Å². The van der Waals surface area contributed by atoms with Crippen molar-refractivity contribution >= 4 is 11.6 Å². The summed E-state index contributed by atoms with van der Waals surface area (Å²) in [6, 6.07) is 13.6. The molecule has 4 heteroatoms. The van der Waals surface area contributed by atoms with Crippen molar-refractivity contribution in [3.8, 4) is 0 Å². The van der Waals surface area contributed by atoms with Gasteiger partial charge in [-0.1, -0.05) is 37.3 Å². The number of hydrogen-bond acceptors (Lipinski definition) is 3. The summed E-state index contributed by atoms with van der Waals surface area (Å²) in [4.78, 5) is 15.9. The average molecular weight is 269 g/mol. The molecule has 1 heterocycles. The number of pyridine rings is 1. The molecule has 0 aliphatic rings. The number of anilines is 1. The molecule has 0 bridgehead atoms. The van der Waals surface area contributed by atoms with Gasteiger partial charge in [0.05, 0.1) is 11.9 Å². The van der Waals surface area contributed by atoms with Crippen molar-refractivity contribution in [1.29, 1.82) is 0 Å². The number of nitrogen functional groups attached to an aromatic ring is 1. The van der Waals surface area contributed by atoms with Gasteiger partial charge in [-0.3, -0.25) is 4.79 Å². The summed E-state index contributed by atoms with van der Waals surface area (Å²) < 4.78 is 0. The van der Waals surface area contributed by atoms with Gasteiger partial charge in [-0.2, -0.15) is 0 Å². The molecule has 3 N–H and O–H groups in total. The highest BCUT2D eigenvalue weighted by Crippen LogP contribution is 2.17. The predicted octanol–water partition coefficient (Wildman–Crippen LogP) is 2.59. The standard InChI is InChI=1S/C16H19N3O/c1-12(13-5-3-2-4-6-13)9-10-18-16(20)15-8-7-14(17)11-19-15/h2-8,11-12H,9-10,17H2,1H3,(H,18,20). The van der Waals surface area contributed by atoms with Crippen molar-refractivity contribution < 1.29 is 4.79 Å². The van der Waals surface area contributed by atoms with E-state index < -0.39 is 0 Å². The maximum absolute atomic E-state index is 11.9. The first kappa shape index (κ1) is 14.1. The van der Waals surface area contributed by atoms with Crippen LogP contribution >= 0.6 is 0 Å². The van der Waals surface area contributed by atoms with Gasteiger partial charge in [0.1, 0.15) is 5.69 Å². The number of amides is 1. The highest BCUT2D eigenvalue weighted by atomic mass is 16.1. The van der Waals surface area contributed by atoms with Crippen LogP contribution in [0.2, 0.25) is 0 Å². The highest BCUT2D eigenvalue weighted by Gasteiger charge is 2.08. The third-order valence-corrected chi connectivity index (χ3v) is 3.25. The van der Waals surface area contributed by atoms with Crippen molar-refractivity contribution in [1.82, 2.24) is 10.3 Å². The lowest BCUT2D eigenvalue weighted by molar-refractivity contribution is 0.0948. The van der Waals surface area contributed by atoms with Crippen molar-refractivity contribution in [3.63, 3.8) is 0 Å². The zero-order valence-electron chi connectivity index (χ0n) is 11.5. The molecule has 2 aromatic rings. The predicted molar refractivity (Wildman–Crippen MR) is 80.5 cm³/mol. The van der Waals surface area contributed by atoms with E-state index in [1.165, 1.54) is 11.8 Å². The molecule has 0 fully saturated rings. The van der Waals surface area contributed by atoms with Crippen LogP contribution in [0.25, 0.3) is 0 Å². The molecule has 104 valence electrons. The number of aromatic nitrogens is 1. The Balaban J connectivity index is 1.81. The molecule has 2 rings (SSSR count). The number of nitrogens with one attached hydrogen (secondary N) is 1. The molecule has 20 heavy (non-hydrogen) atoms. The Morgan fingerprint density at radius 1 is 1.25 bits per heavy atom. The summed E-state index contributed by atoms with van der Waals surface area (Å²) in [6.45, 7) is 2.78. The van der Waals surface area contributed by atoms with E-state index in [0.29, 0.717) is 23.8 Å². The van der Waals surface area contributed by atoms with Gasteiger partial charge in [0.2, 0.25) is 0 Å². The van der Waals surface area contributed by atoms with E-state index in [2.05, 4.69) is 29.4 Å². The number of benzene rings is 1. The second-order valence-electron chi connectivity index (χ2n) is 4.83. The number of hydrogen-bond donors (Lipinski definition) is 2. The van der Waals surface area contributed by atoms with Gasteiger partial charge in [-0.15, -0.1) is 0 Å². The van der Waals surface area contributed by atoms with Crippen LogP contribution in [0.3, 0.4) is 0 Å². The van der Waals surface area contributed by atoms with Gasteiger partial charge in [0.15, 0.2) is 0 Å². The Labute approximate surface area is 119 Å². The highest BCUT2D eigenvalue weighted by molar-refractivity contribution is 5.92. The topological polar surface area (TPSA) is 68.0 Å². The second-order valence-corrected chi connectivity index (χ2v) is 4.83. The molecule has 0 aliphatic heterocycles. The van der Waals surface area contributed by atoms with E-state index in [1.54, 1.807) is 12.1 Å². The van der Waals surface area contributed by atoms with Gasteiger partial charge in [-0.25, -0.2) is 4.98 Å². The Morgan fingerprint density at radius 2 is 2.00 bits per heavy atom. The molecule has 0 saturated heterocycles. The summed E-state index contributed by atoms with van der Waals surface area (Å²) in [5.74, 6) is 0.251. The second kappa shape index (κ2) is 6.70. The zero-order valence-corrected chi connectivity index (χ0v) is 11.5. The lowest BCUT2D eigenvalue weighted by atomic mass is 9.98. The minimum atomic E-state index is -0.162. The van der Waals surface area contributed by atoms with Crippen LogP contribution in [0, 0.1) is 0 Å². The SMILES string of the molecule is CC(CCNC(=O)c1ccc(N)cn1)c1ccccc1. The lowest BCUT2D eigenvalue weighted by Crippen LogP contribution is -2.26. The maximum atomic E-state index is 11.9. The Morgan fingerprint density at radius 3 is 2.65 bits per heavy atom. The van der Waals surface area contributed by atoms with Gasteiger partial charge in [-0.05, 0) is 30.0 Å². The minimum absolute atomic E-state index is 0.162. The fraction of sp³-hybridized carbons (Fsp3) is 0.250. The maximum Gasteiger partial charge on any atom is 0.269 e. The smallest absolute Gasteiger partial charge is 0.269 e. The van der Waals surface area contributed by atoms with Crippen molar-refractivity contribution in [3.05, 3.63) is 59.9 Å². The van der Waals surface area contributed by atoms with E-state index in [1.807, 2.05) is 18.2 Å². The van der Waals surface area contributed by atoms with Crippen LogP contribution in [0.4, 0.5) is 5.69 Å². The molecule has 1 atom stereocenters. The molecule has 1 aromatic heterocycles. The summed E-state index contributed by atoms with van der Waals surface area (Å²) in [6.07, 6.45) is 2.38. The van der Waals surface area contributed by atoms with E-state index in [4.69, 9.17) is 5.73 Å². The van der Waals surface area contributed by atoms with Crippen molar-refractivity contribution in [2.24, 2.45) is 0 Å². The van der Waals surface area contributed by atoms with E-state index in [0.717, 1.165) is 6.42 Å². The summed E-state index contributed by atoms with van der Waals surface area (Å²) >= 11 is 0. The molecular weight excluding hydrogens is 250 g/mol. The summed E-state index contributed by atoms with van der Waals surface area (Å²) in [5.41, 5.74) is 7.77. The van der Waals surface area contributed by atoms with Crippen molar-refractivity contribution in [2.45, 2.75) is 19.3 Å². The number of nitrogens with two attached hydrogens (primary N) is 1. The first-order valence-electron chi connectivity index (χ1n) is 6.71. The molecular formula is C16H19N3O. The molecule has 0 aliphatic carbocycles. The van der Waals surface area contributed by atoms with Crippen LogP contribution in [-0.4, -0.2) is 17.4 Å². The number of rotatable bonds is 5. The monoisotopic (exact) mass is 269 g/mol. The van der Waals surface area contributed by atoms with Crippen LogP contribution in [-0.2, 0) is 0 Å². The van der Waals surface area contributed by atoms with Crippen LogP contribution in [0.15, 0.2) is 48.7 Å². The minimum Gasteiger partial charge on any atom is -0.397 e. The first-order valence-corrected chi connectivity index (χ1v) is 6.71. The van der Waals surface area contributed by atoms with Gasteiger partial charge in [0.25, 0.3) is 5.91 Å². The van der Waals surface area contributed by atoms with Gasteiger partial charge in [0, 0.05) is 6.54 Å². The summed E-state index contributed by atoms with van der Waals surface area (Å²) in [7, 11) is 0. The average Bonchev–Trinajstić information content (AvgIpc) is 2.48. The molecule has 4 nitrogen and oxygen atoms in total. The third-order valence-electron chi connectivity index (χ3n) is 3.25. The number of carbonyl (C=O) groups excluding carboxylic acids is 1. The Hall–Kier alpha value is -2.36. The van der Waals surface area contributed by atoms with Gasteiger partial charge < -0.3 is 11.1 Å². The Kier molecular flexibility index (Phi) is 4.71. The molecule has 1 unspecified atom stereocenters. The number of carbonyl (C=O) groups is 1. The molecule has 1 amide bonds. The molecule has 1 aromatic carbocycles. The summed E-state index contributed by atoms with van der Waals surface area (Å²) in [5, 5.41) is 2.88. The van der Waals surface area contributed by atoms with Crippen molar-refractivity contribution in [2.75, 3.05) is 12.3 Å². The lowest BCUT2D eigenvalue weighted by Gasteiger charge is -2.12. The normalized spacial score (nSPS) is 11.8. The fourth-order valence-electron chi connectivity index (χ4n) is 1.98. The van der Waals surface area contributed by atoms with E-state index in [-0.39, 0.29) is 5.91 Å². The molecule has 0 radical (unpaired) electrons. The molecule has 0 spiro atoms. The number of nitrogens with zero attached hydrogens (tertiary/aromatic N) is 1. The zero-order chi connectivity index (χ0) is 14.4. The quantitative estimate of drug-likeness (QED) is 0.876. The van der Waals surface area contributed by atoms with Crippen LogP contribution < -0.4 is 11.1 Å². The van der Waals surface area contributed by atoms with Crippen LogP contribution in [0.5, 0.6) is 0 Å². The molecule has 0 saturated carbocycles. The largest absolute Gasteiger partial charge is 0.397 e. The fourth-order valence-corrected chi connectivity index (χ4v) is 1.98. The van der Waals surface area contributed by atoms with E-state index >= 15 is 0 Å². The Bertz CT molecular complexity index is 552. The van der Waals surface area contributed by atoms with E-state index in [9.17, 15) is 4.79 Å².